The van der Waals surface area contributed by atoms with Crippen LogP contribution in [0.4, 0.5) is 5.69 Å². The summed E-state index contributed by atoms with van der Waals surface area (Å²) < 4.78 is 0. The number of carbonyl (C=O) groups is 1. The molecule has 5 heteroatoms. The van der Waals surface area contributed by atoms with Crippen molar-refractivity contribution in [3.05, 3.63) is 52.6 Å². The molecular weight excluding hydrogens is 402 g/mol. The lowest BCUT2D eigenvalue weighted by atomic mass is 9.96. The zero-order valence-corrected chi connectivity index (χ0v) is 20.7. The first-order valence-electron chi connectivity index (χ1n) is 11.5. The van der Waals surface area contributed by atoms with Crippen molar-refractivity contribution < 1.29 is 4.79 Å². The predicted molar refractivity (Wildman–Crippen MR) is 137 cm³/mol. The minimum atomic E-state index is 0.483. The molecule has 2 aliphatic rings. The number of carbonyl (C=O) groups excluding carboxylic acids is 1. The van der Waals surface area contributed by atoms with Gasteiger partial charge in [0.1, 0.15) is 0 Å². The Bertz CT molecular complexity index is 809. The highest BCUT2D eigenvalue weighted by atomic mass is 32.2. The minimum absolute atomic E-state index is 0.483. The third-order valence-electron chi connectivity index (χ3n) is 5.96. The molecule has 1 aliphatic carbocycles. The molecule has 1 saturated carbocycles. The standard InChI is InChI=1S/C19H26N2S.C7H13NO/c1-7-20-19(22-13(2)3)15(5)16(6)21-12-14(4)17-10-8-9-11-18(17)21;9-6-8-7-4-2-1-3-5-7/h8-11,14H,2,7,12H2,1,3-6H3;6-7H,1-5H2,(H,8,9)/b16-15+,20-19?;. The maximum atomic E-state index is 9.96. The van der Waals surface area contributed by atoms with Crippen molar-refractivity contribution in [2.24, 2.45) is 4.99 Å². The SMILES string of the molecule is C=C(C)SC(=NCC)/C(C)=C(\C)N1CC(C)c2ccccc21.O=CNC1CCCCC1. The summed E-state index contributed by atoms with van der Waals surface area (Å²) in [6, 6.07) is 9.20. The number of allylic oxidation sites excluding steroid dienone is 2. The molecule has 1 heterocycles. The smallest absolute Gasteiger partial charge is 0.207 e. The number of thioether (sulfide) groups is 1. The van der Waals surface area contributed by atoms with Gasteiger partial charge >= 0.3 is 0 Å². The van der Waals surface area contributed by atoms with E-state index in [1.54, 1.807) is 11.8 Å². The summed E-state index contributed by atoms with van der Waals surface area (Å²) in [5, 5.41) is 3.89. The van der Waals surface area contributed by atoms with Gasteiger partial charge in [0, 0.05) is 42.0 Å². The Morgan fingerprint density at radius 3 is 2.52 bits per heavy atom. The van der Waals surface area contributed by atoms with Crippen LogP contribution in [0, 0.1) is 0 Å². The Hall–Kier alpha value is -2.01. The molecule has 31 heavy (non-hydrogen) atoms. The lowest BCUT2D eigenvalue weighted by Crippen LogP contribution is -2.29. The Morgan fingerprint density at radius 2 is 1.90 bits per heavy atom. The topological polar surface area (TPSA) is 44.7 Å². The van der Waals surface area contributed by atoms with E-state index in [4.69, 9.17) is 0 Å². The molecule has 4 nitrogen and oxygen atoms in total. The van der Waals surface area contributed by atoms with Gasteiger partial charge in [-0.2, -0.15) is 0 Å². The van der Waals surface area contributed by atoms with Crippen LogP contribution in [-0.2, 0) is 4.79 Å². The number of anilines is 1. The molecule has 0 aromatic heterocycles. The van der Waals surface area contributed by atoms with Gasteiger partial charge in [-0.05, 0) is 57.1 Å². The third kappa shape index (κ3) is 7.27. The number of hydrogen-bond acceptors (Lipinski definition) is 4. The molecule has 3 rings (SSSR count). The first-order valence-corrected chi connectivity index (χ1v) is 12.3. The number of nitrogens with zero attached hydrogens (tertiary/aromatic N) is 2. The first-order chi connectivity index (χ1) is 14.9. The fraction of sp³-hybridized carbons (Fsp3) is 0.538. The molecule has 1 unspecified atom stereocenters. The number of hydrogen-bond donors (Lipinski definition) is 1. The first kappa shape index (κ1) is 25.3. The van der Waals surface area contributed by atoms with Gasteiger partial charge in [-0.25, -0.2) is 0 Å². The average molecular weight is 442 g/mol. The highest BCUT2D eigenvalue weighted by Gasteiger charge is 2.27. The Kier molecular flexibility index (Phi) is 10.4. The van der Waals surface area contributed by atoms with Crippen LogP contribution >= 0.6 is 11.8 Å². The van der Waals surface area contributed by atoms with Gasteiger partial charge in [-0.1, -0.05) is 62.7 Å². The average Bonchev–Trinajstić information content (AvgIpc) is 3.10. The van der Waals surface area contributed by atoms with Crippen molar-refractivity contribution in [1.82, 2.24) is 5.32 Å². The highest BCUT2D eigenvalue weighted by Crippen LogP contribution is 2.39. The summed E-state index contributed by atoms with van der Waals surface area (Å²) in [4.78, 5) is 18.1. The number of nitrogens with one attached hydrogen (secondary N) is 1. The fourth-order valence-corrected chi connectivity index (χ4v) is 5.02. The Balaban J connectivity index is 0.000000316. The second kappa shape index (κ2) is 12.7. The van der Waals surface area contributed by atoms with Crippen molar-refractivity contribution in [2.75, 3.05) is 18.0 Å². The van der Waals surface area contributed by atoms with Crippen LogP contribution in [0.3, 0.4) is 0 Å². The summed E-state index contributed by atoms with van der Waals surface area (Å²) in [7, 11) is 0. The van der Waals surface area contributed by atoms with E-state index in [2.05, 4.69) is 73.7 Å². The molecule has 1 aromatic carbocycles. The largest absolute Gasteiger partial charge is 0.356 e. The Labute approximate surface area is 193 Å². The van der Waals surface area contributed by atoms with Gasteiger partial charge in [-0.3, -0.25) is 9.79 Å². The zero-order chi connectivity index (χ0) is 22.8. The second-order valence-electron chi connectivity index (χ2n) is 8.48. The summed E-state index contributed by atoms with van der Waals surface area (Å²) in [6.07, 6.45) is 7.08. The van der Waals surface area contributed by atoms with Crippen LogP contribution in [0.1, 0.15) is 78.2 Å². The molecule has 0 bridgehead atoms. The van der Waals surface area contributed by atoms with E-state index in [0.29, 0.717) is 12.0 Å². The number of amides is 1. The van der Waals surface area contributed by atoms with Gasteiger partial charge in [0.15, 0.2) is 0 Å². The number of aliphatic imine (C=N–C) groups is 1. The molecule has 1 N–H and O–H groups in total. The van der Waals surface area contributed by atoms with Crippen LogP contribution in [0.2, 0.25) is 0 Å². The quantitative estimate of drug-likeness (QED) is 0.305. The number of rotatable bonds is 6. The lowest BCUT2D eigenvalue weighted by Gasteiger charge is -2.23. The van der Waals surface area contributed by atoms with E-state index in [-0.39, 0.29) is 0 Å². The molecule has 1 aromatic rings. The summed E-state index contributed by atoms with van der Waals surface area (Å²) in [5.41, 5.74) is 5.32. The predicted octanol–water partition coefficient (Wildman–Crippen LogP) is 6.65. The second-order valence-corrected chi connectivity index (χ2v) is 9.77. The molecular formula is C26H39N3OS. The molecule has 1 amide bonds. The lowest BCUT2D eigenvalue weighted by molar-refractivity contribution is -0.110. The van der Waals surface area contributed by atoms with E-state index in [9.17, 15) is 4.79 Å². The molecule has 0 spiro atoms. The van der Waals surface area contributed by atoms with Gasteiger partial charge in [-0.15, -0.1) is 0 Å². The maximum Gasteiger partial charge on any atom is 0.207 e. The van der Waals surface area contributed by atoms with E-state index >= 15 is 0 Å². The minimum Gasteiger partial charge on any atom is -0.356 e. The summed E-state index contributed by atoms with van der Waals surface area (Å²) in [6.45, 7) is 16.6. The fourth-order valence-electron chi connectivity index (χ4n) is 4.20. The normalized spacial score (nSPS) is 19.7. The van der Waals surface area contributed by atoms with Gasteiger partial charge < -0.3 is 10.2 Å². The molecule has 1 atom stereocenters. The van der Waals surface area contributed by atoms with Crippen LogP contribution in [0.15, 0.2) is 52.0 Å². The Morgan fingerprint density at radius 1 is 1.23 bits per heavy atom. The van der Waals surface area contributed by atoms with Crippen molar-refractivity contribution in [1.29, 1.82) is 0 Å². The molecule has 170 valence electrons. The summed E-state index contributed by atoms with van der Waals surface area (Å²) in [5.74, 6) is 0.569. The van der Waals surface area contributed by atoms with Gasteiger partial charge in [0.2, 0.25) is 6.41 Å². The number of para-hydroxylation sites is 1. The van der Waals surface area contributed by atoms with Gasteiger partial charge in [0.25, 0.3) is 0 Å². The van der Waals surface area contributed by atoms with E-state index in [1.165, 1.54) is 54.6 Å². The van der Waals surface area contributed by atoms with E-state index in [0.717, 1.165) is 29.4 Å². The molecule has 0 saturated heterocycles. The van der Waals surface area contributed by atoms with E-state index in [1.807, 2.05) is 6.92 Å². The number of benzene rings is 1. The maximum absolute atomic E-state index is 9.96. The van der Waals surface area contributed by atoms with Crippen LogP contribution in [0.5, 0.6) is 0 Å². The monoisotopic (exact) mass is 441 g/mol. The number of fused-ring (bicyclic) bond motifs is 1. The van der Waals surface area contributed by atoms with Crippen LogP contribution in [-0.4, -0.2) is 30.6 Å². The van der Waals surface area contributed by atoms with Crippen molar-refractivity contribution in [3.8, 4) is 0 Å². The molecule has 1 aliphatic heterocycles. The van der Waals surface area contributed by atoms with Gasteiger partial charge in [0.05, 0.1) is 5.04 Å². The third-order valence-corrected chi connectivity index (χ3v) is 6.94. The van der Waals surface area contributed by atoms with Crippen LogP contribution < -0.4 is 10.2 Å². The van der Waals surface area contributed by atoms with Crippen LogP contribution in [0.25, 0.3) is 0 Å². The van der Waals surface area contributed by atoms with Crippen molar-refractivity contribution in [2.45, 2.75) is 78.7 Å². The molecule has 0 radical (unpaired) electrons. The molecule has 1 fully saturated rings. The zero-order valence-electron chi connectivity index (χ0n) is 19.9. The van der Waals surface area contributed by atoms with Crippen molar-refractivity contribution >= 4 is 28.9 Å². The van der Waals surface area contributed by atoms with E-state index < -0.39 is 0 Å². The highest BCUT2D eigenvalue weighted by molar-refractivity contribution is 8.17. The summed E-state index contributed by atoms with van der Waals surface area (Å²) >= 11 is 1.67. The van der Waals surface area contributed by atoms with Crippen molar-refractivity contribution in [3.63, 3.8) is 0 Å².